The molecule has 0 spiro atoms. The number of pyridine rings is 1. The first kappa shape index (κ1) is 11.9. The molecule has 0 aromatic carbocycles. The molecule has 4 N–H and O–H groups in total. The van der Waals surface area contributed by atoms with Gasteiger partial charge in [-0.05, 0) is 31.4 Å². The summed E-state index contributed by atoms with van der Waals surface area (Å²) in [4.78, 5) is 3.78. The van der Waals surface area contributed by atoms with Crippen molar-refractivity contribution in [2.24, 2.45) is 11.5 Å². The van der Waals surface area contributed by atoms with Gasteiger partial charge in [0.2, 0.25) is 0 Å². The number of nitrogens with zero attached hydrogens (tertiary/aromatic N) is 1. The smallest absolute Gasteiger partial charge is 0.0405 e. The van der Waals surface area contributed by atoms with E-state index in [1.54, 1.807) is 12.4 Å². The first-order valence-corrected chi connectivity index (χ1v) is 5.25. The molecule has 0 amide bonds. The fraction of sp³-hybridized carbons (Fsp3) is 0.417. The van der Waals surface area contributed by atoms with E-state index in [2.05, 4.69) is 11.6 Å². The number of aromatic nitrogens is 1. The van der Waals surface area contributed by atoms with Crippen molar-refractivity contribution in [3.63, 3.8) is 0 Å². The molecule has 2 unspecified atom stereocenters. The van der Waals surface area contributed by atoms with Crippen molar-refractivity contribution in [1.82, 2.24) is 4.98 Å². The van der Waals surface area contributed by atoms with E-state index in [1.165, 1.54) is 0 Å². The molecule has 0 aliphatic heterocycles. The molecule has 3 heteroatoms. The van der Waals surface area contributed by atoms with Crippen molar-refractivity contribution in [3.05, 3.63) is 42.7 Å². The van der Waals surface area contributed by atoms with Crippen molar-refractivity contribution >= 4 is 0 Å². The topological polar surface area (TPSA) is 64.9 Å². The van der Waals surface area contributed by atoms with Crippen molar-refractivity contribution < 1.29 is 0 Å². The van der Waals surface area contributed by atoms with Crippen LogP contribution in [0.2, 0.25) is 0 Å². The lowest BCUT2D eigenvalue weighted by molar-refractivity contribution is 0.463. The quantitative estimate of drug-likeness (QED) is 0.630. The average Bonchev–Trinajstić information content (AvgIpc) is 2.29. The molecule has 0 radical (unpaired) electrons. The van der Waals surface area contributed by atoms with Crippen LogP contribution in [0, 0.1) is 0 Å². The lowest BCUT2D eigenvalue weighted by Crippen LogP contribution is -2.44. The van der Waals surface area contributed by atoms with Crippen LogP contribution in [0.1, 0.15) is 19.3 Å². The van der Waals surface area contributed by atoms with Gasteiger partial charge in [0.05, 0.1) is 0 Å². The largest absolute Gasteiger partial charge is 0.326 e. The van der Waals surface area contributed by atoms with Gasteiger partial charge in [0.15, 0.2) is 0 Å². The van der Waals surface area contributed by atoms with Crippen LogP contribution in [0.4, 0.5) is 0 Å². The SMILES string of the molecule is C=C1CCCC(N)C1N.c1ccncc1. The Kier molecular flexibility index (Phi) is 5.01. The van der Waals surface area contributed by atoms with Crippen LogP contribution in [0.5, 0.6) is 0 Å². The minimum absolute atomic E-state index is 0.0544. The highest BCUT2D eigenvalue weighted by Crippen LogP contribution is 2.19. The van der Waals surface area contributed by atoms with E-state index in [-0.39, 0.29) is 12.1 Å². The van der Waals surface area contributed by atoms with Crippen LogP contribution >= 0.6 is 0 Å². The third-order valence-corrected chi connectivity index (χ3v) is 2.53. The molecule has 2 atom stereocenters. The Bertz CT molecular complexity index is 257. The Hall–Kier alpha value is -1.19. The van der Waals surface area contributed by atoms with Crippen LogP contribution < -0.4 is 11.5 Å². The zero-order valence-electron chi connectivity index (χ0n) is 8.97. The van der Waals surface area contributed by atoms with E-state index in [4.69, 9.17) is 11.5 Å². The van der Waals surface area contributed by atoms with Gasteiger partial charge in [-0.1, -0.05) is 18.2 Å². The molecule has 3 nitrogen and oxygen atoms in total. The van der Waals surface area contributed by atoms with Crippen LogP contribution in [0.25, 0.3) is 0 Å². The van der Waals surface area contributed by atoms with Crippen LogP contribution in [-0.4, -0.2) is 17.1 Å². The zero-order valence-corrected chi connectivity index (χ0v) is 8.97. The van der Waals surface area contributed by atoms with Crippen LogP contribution in [0.15, 0.2) is 42.7 Å². The van der Waals surface area contributed by atoms with Crippen LogP contribution in [-0.2, 0) is 0 Å². The number of rotatable bonds is 0. The van der Waals surface area contributed by atoms with Gasteiger partial charge < -0.3 is 11.5 Å². The summed E-state index contributed by atoms with van der Waals surface area (Å²) in [6.07, 6.45) is 6.78. The highest BCUT2D eigenvalue weighted by Gasteiger charge is 2.20. The Morgan fingerprint density at radius 2 is 1.87 bits per heavy atom. The molecule has 82 valence electrons. The Labute approximate surface area is 91.2 Å². The number of hydrogen-bond donors (Lipinski definition) is 2. The van der Waals surface area contributed by atoms with E-state index in [0.717, 1.165) is 24.8 Å². The van der Waals surface area contributed by atoms with Gasteiger partial charge in [-0.25, -0.2) is 0 Å². The van der Waals surface area contributed by atoms with Gasteiger partial charge in [-0.3, -0.25) is 4.98 Å². The summed E-state index contributed by atoms with van der Waals surface area (Å²) in [6.45, 7) is 3.84. The second-order valence-corrected chi connectivity index (χ2v) is 3.76. The fourth-order valence-electron chi connectivity index (χ4n) is 1.53. The highest BCUT2D eigenvalue weighted by atomic mass is 14.8. The predicted octanol–water partition coefficient (Wildman–Crippen LogP) is 1.46. The standard InChI is InChI=1S/C7H14N2.C5H5N/c1-5-3-2-4-6(8)7(5)9;1-2-4-6-5-3-1/h6-7H,1-4,8-9H2;1-5H. The molecule has 0 saturated heterocycles. The molecule has 2 rings (SSSR count). The van der Waals surface area contributed by atoms with Crippen molar-refractivity contribution in [1.29, 1.82) is 0 Å². The maximum absolute atomic E-state index is 5.70. The normalized spacial score (nSPS) is 25.3. The third kappa shape index (κ3) is 4.23. The van der Waals surface area contributed by atoms with Gasteiger partial charge >= 0.3 is 0 Å². The summed E-state index contributed by atoms with van der Waals surface area (Å²) < 4.78 is 0. The summed E-state index contributed by atoms with van der Waals surface area (Å²) >= 11 is 0. The van der Waals surface area contributed by atoms with Gasteiger partial charge in [0, 0.05) is 24.5 Å². The molecule has 1 heterocycles. The molecule has 1 aromatic rings. The maximum Gasteiger partial charge on any atom is 0.0405 e. The number of hydrogen-bond acceptors (Lipinski definition) is 3. The monoisotopic (exact) mass is 205 g/mol. The van der Waals surface area contributed by atoms with Crippen molar-refractivity contribution in [2.45, 2.75) is 31.3 Å². The second kappa shape index (κ2) is 6.32. The molecule has 0 bridgehead atoms. The summed E-state index contributed by atoms with van der Waals surface area (Å²) in [6, 6.07) is 5.93. The second-order valence-electron chi connectivity index (χ2n) is 3.76. The fourth-order valence-corrected chi connectivity index (χ4v) is 1.53. The van der Waals surface area contributed by atoms with E-state index >= 15 is 0 Å². The predicted molar refractivity (Wildman–Crippen MR) is 63.2 cm³/mol. The van der Waals surface area contributed by atoms with Crippen LogP contribution in [0.3, 0.4) is 0 Å². The van der Waals surface area contributed by atoms with Gasteiger partial charge in [0.1, 0.15) is 0 Å². The minimum Gasteiger partial charge on any atom is -0.326 e. The van der Waals surface area contributed by atoms with Crippen molar-refractivity contribution in [2.75, 3.05) is 0 Å². The van der Waals surface area contributed by atoms with E-state index in [0.29, 0.717) is 0 Å². The molecule has 1 aliphatic carbocycles. The first-order chi connectivity index (χ1) is 7.22. The van der Waals surface area contributed by atoms with Crippen molar-refractivity contribution in [3.8, 4) is 0 Å². The van der Waals surface area contributed by atoms with Gasteiger partial charge in [0.25, 0.3) is 0 Å². The lowest BCUT2D eigenvalue weighted by atomic mass is 9.88. The number of nitrogens with two attached hydrogens (primary N) is 2. The summed E-state index contributed by atoms with van der Waals surface area (Å²) in [5.74, 6) is 0. The highest BCUT2D eigenvalue weighted by molar-refractivity contribution is 5.11. The molecular weight excluding hydrogens is 186 g/mol. The Balaban J connectivity index is 0.000000162. The van der Waals surface area contributed by atoms with E-state index < -0.39 is 0 Å². The maximum atomic E-state index is 5.70. The zero-order chi connectivity index (χ0) is 11.1. The van der Waals surface area contributed by atoms with E-state index in [1.807, 2.05) is 18.2 Å². The molecule has 1 aliphatic rings. The Morgan fingerprint density at radius 1 is 1.20 bits per heavy atom. The summed E-state index contributed by atoms with van der Waals surface area (Å²) in [5.41, 5.74) is 12.5. The minimum atomic E-state index is 0.0544. The molecule has 15 heavy (non-hydrogen) atoms. The molecule has 1 saturated carbocycles. The summed E-state index contributed by atoms with van der Waals surface area (Å²) in [5, 5.41) is 0. The van der Waals surface area contributed by atoms with Gasteiger partial charge in [-0.2, -0.15) is 0 Å². The average molecular weight is 205 g/mol. The third-order valence-electron chi connectivity index (χ3n) is 2.53. The lowest BCUT2D eigenvalue weighted by Gasteiger charge is -2.26. The molecule has 1 fully saturated rings. The summed E-state index contributed by atoms with van der Waals surface area (Å²) in [7, 11) is 0. The molecule has 1 aromatic heterocycles. The Morgan fingerprint density at radius 3 is 2.20 bits per heavy atom. The van der Waals surface area contributed by atoms with E-state index in [9.17, 15) is 0 Å². The molecular formula is C12H19N3. The van der Waals surface area contributed by atoms with Gasteiger partial charge in [-0.15, -0.1) is 0 Å². The first-order valence-electron chi connectivity index (χ1n) is 5.25.